The van der Waals surface area contributed by atoms with Crippen molar-refractivity contribution in [2.75, 3.05) is 12.4 Å². The van der Waals surface area contributed by atoms with Crippen molar-refractivity contribution in [3.05, 3.63) is 89.5 Å². The molecule has 0 spiro atoms. The van der Waals surface area contributed by atoms with E-state index in [4.69, 9.17) is 9.97 Å². The number of hydrogen-bond donors (Lipinski definition) is 2. The molecular weight excluding hydrogens is 462 g/mol. The van der Waals surface area contributed by atoms with Crippen LogP contribution in [-0.4, -0.2) is 37.2 Å². The minimum atomic E-state index is -0.961. The first-order valence-corrected chi connectivity index (χ1v) is 13.0. The van der Waals surface area contributed by atoms with Crippen molar-refractivity contribution in [3.63, 3.8) is 0 Å². The zero-order valence-electron chi connectivity index (χ0n) is 22.0. The number of unbranched alkanes of at least 4 members (excludes halogenated alkanes) is 1. The summed E-state index contributed by atoms with van der Waals surface area (Å²) in [4.78, 5) is 21.3. The molecule has 0 saturated carbocycles. The molecule has 7 heteroatoms. The lowest BCUT2D eigenvalue weighted by Crippen LogP contribution is -2.06. The number of aromatic carboxylic acids is 1. The summed E-state index contributed by atoms with van der Waals surface area (Å²) >= 11 is 0. The third-order valence-corrected chi connectivity index (χ3v) is 6.39. The van der Waals surface area contributed by atoms with Gasteiger partial charge in [-0.1, -0.05) is 51.5 Å². The third-order valence-electron chi connectivity index (χ3n) is 6.39. The number of nitrogens with zero attached hydrogens (tertiary/aromatic N) is 4. The van der Waals surface area contributed by atoms with Gasteiger partial charge >= 0.3 is 5.97 Å². The monoisotopic (exact) mass is 497 g/mol. The van der Waals surface area contributed by atoms with Crippen molar-refractivity contribution in [1.82, 2.24) is 19.1 Å². The third kappa shape index (κ3) is 5.50. The highest BCUT2D eigenvalue weighted by Gasteiger charge is 2.19. The van der Waals surface area contributed by atoms with Gasteiger partial charge in [-0.05, 0) is 47.9 Å². The molecule has 5 aromatic rings. The van der Waals surface area contributed by atoms with Gasteiger partial charge in [-0.15, -0.1) is 0 Å². The summed E-state index contributed by atoms with van der Waals surface area (Å²) in [7, 11) is 1.82. The summed E-state index contributed by atoms with van der Waals surface area (Å²) in [6.07, 6.45) is 7.13. The average Bonchev–Trinajstić information content (AvgIpc) is 3.57. The number of aryl methyl sites for hydroxylation is 1. The molecular formula is C30H35N5O2. The molecule has 3 aromatic heterocycles. The zero-order valence-corrected chi connectivity index (χ0v) is 22.0. The maximum absolute atomic E-state index is 11.6. The maximum atomic E-state index is 11.6. The van der Waals surface area contributed by atoms with Crippen LogP contribution in [0.3, 0.4) is 0 Å². The molecule has 0 radical (unpaired) electrons. The Morgan fingerprint density at radius 1 is 0.973 bits per heavy atom. The highest BCUT2D eigenvalue weighted by atomic mass is 16.4. The van der Waals surface area contributed by atoms with Crippen LogP contribution in [0.4, 0.5) is 5.82 Å². The Balaban J connectivity index is 0.00000156. The van der Waals surface area contributed by atoms with Crippen LogP contribution >= 0.6 is 0 Å². The molecule has 0 atom stereocenters. The van der Waals surface area contributed by atoms with E-state index >= 15 is 0 Å². The molecule has 5 rings (SSSR count). The molecule has 37 heavy (non-hydrogen) atoms. The molecule has 0 bridgehead atoms. The van der Waals surface area contributed by atoms with Crippen LogP contribution < -0.4 is 5.32 Å². The summed E-state index contributed by atoms with van der Waals surface area (Å²) in [5, 5.41) is 13.5. The standard InChI is InChI=1S/C28H29N5O2.C2H6/c1-3-4-7-24-31-25-26(22-13-12-21(28(34)35)16-23(22)30-27(25)29-2)33(24)18-20-10-8-19(9-11-20)17-32-14-5-6-15-32;1-2/h5-6,8-16H,3-4,7,17-18H2,1-2H3,(H,29,30)(H,34,35);1-2H3. The Bertz CT molecular complexity index is 1480. The van der Waals surface area contributed by atoms with Gasteiger partial charge in [0.2, 0.25) is 0 Å². The molecule has 0 unspecified atom stereocenters. The molecule has 2 aromatic carbocycles. The quantitative estimate of drug-likeness (QED) is 0.240. The maximum Gasteiger partial charge on any atom is 0.335 e. The molecule has 7 nitrogen and oxygen atoms in total. The van der Waals surface area contributed by atoms with Crippen LogP contribution in [0.25, 0.3) is 21.9 Å². The van der Waals surface area contributed by atoms with E-state index in [-0.39, 0.29) is 5.56 Å². The number of fused-ring (bicyclic) bond motifs is 3. The first kappa shape index (κ1) is 25.9. The van der Waals surface area contributed by atoms with Gasteiger partial charge in [0, 0.05) is 44.3 Å². The number of carboxylic acid groups (broad SMARTS) is 1. The number of carbonyl (C=O) groups is 1. The number of carboxylic acids is 1. The van der Waals surface area contributed by atoms with Gasteiger partial charge in [0.15, 0.2) is 5.82 Å². The number of anilines is 1. The Morgan fingerprint density at radius 3 is 2.27 bits per heavy atom. The normalized spacial score (nSPS) is 10.9. The molecule has 0 aliphatic heterocycles. The van der Waals surface area contributed by atoms with Crippen molar-refractivity contribution in [3.8, 4) is 0 Å². The molecule has 0 aliphatic rings. The number of rotatable bonds is 9. The van der Waals surface area contributed by atoms with Crippen molar-refractivity contribution < 1.29 is 9.90 Å². The SMILES string of the molecule is CC.CCCCc1nc2c(NC)nc3cc(C(=O)O)ccc3c2n1Cc1ccc(Cn2cccc2)cc1. The number of imidazole rings is 1. The molecule has 0 fully saturated rings. The first-order chi connectivity index (χ1) is 18.1. The number of aromatic nitrogens is 4. The molecule has 0 saturated heterocycles. The average molecular weight is 498 g/mol. The van der Waals surface area contributed by atoms with Gasteiger partial charge in [-0.2, -0.15) is 0 Å². The van der Waals surface area contributed by atoms with Crippen molar-refractivity contribution >= 4 is 33.7 Å². The number of pyridine rings is 1. The van der Waals surface area contributed by atoms with E-state index in [2.05, 4.69) is 58.0 Å². The van der Waals surface area contributed by atoms with Gasteiger partial charge in [0.1, 0.15) is 11.3 Å². The lowest BCUT2D eigenvalue weighted by Gasteiger charge is -2.13. The van der Waals surface area contributed by atoms with Gasteiger partial charge in [-0.3, -0.25) is 0 Å². The van der Waals surface area contributed by atoms with Gasteiger partial charge in [-0.25, -0.2) is 14.8 Å². The Morgan fingerprint density at radius 2 is 1.65 bits per heavy atom. The van der Waals surface area contributed by atoms with Gasteiger partial charge < -0.3 is 19.6 Å². The fourth-order valence-electron chi connectivity index (χ4n) is 4.56. The minimum absolute atomic E-state index is 0.224. The van der Waals surface area contributed by atoms with E-state index in [1.54, 1.807) is 12.1 Å². The Labute approximate surface area is 217 Å². The largest absolute Gasteiger partial charge is 0.478 e. The van der Waals surface area contributed by atoms with Crippen LogP contribution in [0.15, 0.2) is 67.0 Å². The second-order valence-electron chi connectivity index (χ2n) is 8.83. The van der Waals surface area contributed by atoms with E-state index in [9.17, 15) is 9.90 Å². The highest BCUT2D eigenvalue weighted by Crippen LogP contribution is 2.32. The van der Waals surface area contributed by atoms with Gasteiger partial charge in [0.05, 0.1) is 16.6 Å². The summed E-state index contributed by atoms with van der Waals surface area (Å²) in [5.41, 5.74) is 5.11. The topological polar surface area (TPSA) is 85.0 Å². The Kier molecular flexibility index (Phi) is 8.23. The van der Waals surface area contributed by atoms with E-state index in [1.165, 1.54) is 11.1 Å². The molecule has 192 valence electrons. The van der Waals surface area contributed by atoms with Crippen LogP contribution in [0.5, 0.6) is 0 Å². The Hall–Kier alpha value is -4.13. The fraction of sp³-hybridized carbons (Fsp3) is 0.300. The van der Waals surface area contributed by atoms with Gasteiger partial charge in [0.25, 0.3) is 0 Å². The molecule has 2 N–H and O–H groups in total. The highest BCUT2D eigenvalue weighted by molar-refractivity contribution is 6.08. The summed E-state index contributed by atoms with van der Waals surface area (Å²) < 4.78 is 4.43. The predicted molar refractivity (Wildman–Crippen MR) is 151 cm³/mol. The van der Waals surface area contributed by atoms with E-state index in [1.807, 2.05) is 39.1 Å². The lowest BCUT2D eigenvalue weighted by atomic mass is 10.1. The van der Waals surface area contributed by atoms with Crippen LogP contribution in [0.1, 0.15) is 60.9 Å². The first-order valence-electron chi connectivity index (χ1n) is 13.0. The number of nitrogens with one attached hydrogen (secondary N) is 1. The van der Waals surface area contributed by atoms with E-state index in [0.29, 0.717) is 17.9 Å². The van der Waals surface area contributed by atoms with Crippen LogP contribution in [-0.2, 0) is 19.5 Å². The van der Waals surface area contributed by atoms with Crippen molar-refractivity contribution in [1.29, 1.82) is 0 Å². The molecule has 0 amide bonds. The summed E-state index contributed by atoms with van der Waals surface area (Å²) in [6.45, 7) is 7.71. The molecule has 3 heterocycles. The second kappa shape index (κ2) is 11.7. The number of hydrogen-bond acceptors (Lipinski definition) is 4. The number of benzene rings is 2. The minimum Gasteiger partial charge on any atom is -0.478 e. The molecule has 0 aliphatic carbocycles. The lowest BCUT2D eigenvalue weighted by molar-refractivity contribution is 0.0697. The zero-order chi connectivity index (χ0) is 26.4. The smallest absolute Gasteiger partial charge is 0.335 e. The summed E-state index contributed by atoms with van der Waals surface area (Å²) in [6, 6.07) is 17.9. The second-order valence-corrected chi connectivity index (χ2v) is 8.83. The van der Waals surface area contributed by atoms with Crippen molar-refractivity contribution in [2.24, 2.45) is 0 Å². The fourth-order valence-corrected chi connectivity index (χ4v) is 4.56. The van der Waals surface area contributed by atoms with Crippen LogP contribution in [0, 0.1) is 0 Å². The van der Waals surface area contributed by atoms with E-state index < -0.39 is 5.97 Å². The van der Waals surface area contributed by atoms with Crippen molar-refractivity contribution in [2.45, 2.75) is 53.1 Å². The van der Waals surface area contributed by atoms with E-state index in [0.717, 1.165) is 48.1 Å². The summed E-state index contributed by atoms with van der Waals surface area (Å²) in [5.74, 6) is 0.719. The van der Waals surface area contributed by atoms with Crippen LogP contribution in [0.2, 0.25) is 0 Å². The predicted octanol–water partition coefficient (Wildman–Crippen LogP) is 6.59.